The van der Waals surface area contributed by atoms with Crippen molar-refractivity contribution in [1.29, 1.82) is 5.26 Å². The zero-order chi connectivity index (χ0) is 22.0. The predicted octanol–water partition coefficient (Wildman–Crippen LogP) is 3.23. The van der Waals surface area contributed by atoms with E-state index in [1.165, 1.54) is 31.2 Å². The fraction of sp³-hybridized carbons (Fsp3) is 0.136. The maximum atomic E-state index is 13.2. The highest BCUT2D eigenvalue weighted by Gasteiger charge is 2.28. The van der Waals surface area contributed by atoms with Crippen molar-refractivity contribution in [2.24, 2.45) is 0 Å². The van der Waals surface area contributed by atoms with Crippen LogP contribution in [0.25, 0.3) is 0 Å². The van der Waals surface area contributed by atoms with Crippen LogP contribution in [-0.4, -0.2) is 20.4 Å². The number of aryl methyl sites for hydroxylation is 1. The first-order chi connectivity index (χ1) is 14.3. The van der Waals surface area contributed by atoms with Gasteiger partial charge in [0.25, 0.3) is 11.2 Å². The summed E-state index contributed by atoms with van der Waals surface area (Å²) in [7, 11) is 0. The number of aromatic hydroxyl groups is 1. The zero-order valence-electron chi connectivity index (χ0n) is 16.2. The molecule has 150 valence electrons. The molecule has 0 radical (unpaired) electrons. The molecule has 0 bridgehead atoms. The highest BCUT2D eigenvalue weighted by molar-refractivity contribution is 6.13. The van der Waals surface area contributed by atoms with Crippen LogP contribution < -0.4 is 5.56 Å². The van der Waals surface area contributed by atoms with Crippen molar-refractivity contribution in [3.05, 3.63) is 102 Å². The van der Waals surface area contributed by atoms with Gasteiger partial charge >= 0.3 is 0 Å². The normalized spacial score (nSPS) is 10.4. The maximum Gasteiger partial charge on any atom is 0.280 e. The van der Waals surface area contributed by atoms with E-state index in [0.29, 0.717) is 5.56 Å². The van der Waals surface area contributed by atoms with Crippen molar-refractivity contribution in [1.82, 2.24) is 4.57 Å². The van der Waals surface area contributed by atoms with Crippen molar-refractivity contribution < 1.29 is 14.8 Å². The summed E-state index contributed by atoms with van der Waals surface area (Å²) in [5.74, 6) is -1.48. The van der Waals surface area contributed by atoms with Crippen LogP contribution in [0.2, 0.25) is 0 Å². The Morgan fingerprint density at radius 3 is 2.40 bits per heavy atom. The number of nitro groups is 1. The first kappa shape index (κ1) is 20.5. The Morgan fingerprint density at radius 2 is 1.80 bits per heavy atom. The summed E-state index contributed by atoms with van der Waals surface area (Å²) in [6.07, 6.45) is 0. The van der Waals surface area contributed by atoms with Crippen molar-refractivity contribution in [2.45, 2.75) is 20.4 Å². The molecule has 1 heterocycles. The van der Waals surface area contributed by atoms with Gasteiger partial charge in [-0.2, -0.15) is 5.26 Å². The molecule has 0 aliphatic carbocycles. The largest absolute Gasteiger partial charge is 0.494 e. The summed E-state index contributed by atoms with van der Waals surface area (Å²) < 4.78 is 0.929. The van der Waals surface area contributed by atoms with Gasteiger partial charge in [0, 0.05) is 6.07 Å². The van der Waals surface area contributed by atoms with Crippen LogP contribution in [0.1, 0.15) is 38.2 Å². The molecule has 0 atom stereocenters. The second kappa shape index (κ2) is 8.01. The molecule has 0 unspecified atom stereocenters. The number of nitro benzene ring substituents is 1. The Balaban J connectivity index is 2.24. The fourth-order valence-corrected chi connectivity index (χ4v) is 3.20. The van der Waals surface area contributed by atoms with Gasteiger partial charge in [-0.1, -0.05) is 42.0 Å². The van der Waals surface area contributed by atoms with Crippen LogP contribution in [0.3, 0.4) is 0 Å². The third kappa shape index (κ3) is 3.56. The van der Waals surface area contributed by atoms with Crippen molar-refractivity contribution >= 4 is 11.5 Å². The molecular weight excluding hydrogens is 386 g/mol. The number of benzene rings is 2. The number of nitriles is 1. The van der Waals surface area contributed by atoms with Crippen LogP contribution in [0.4, 0.5) is 5.69 Å². The second-order valence-electron chi connectivity index (χ2n) is 6.79. The van der Waals surface area contributed by atoms with E-state index in [-0.39, 0.29) is 28.8 Å². The van der Waals surface area contributed by atoms with Crippen molar-refractivity contribution in [3.63, 3.8) is 0 Å². The maximum absolute atomic E-state index is 13.2. The monoisotopic (exact) mass is 403 g/mol. The molecule has 0 fully saturated rings. The van der Waals surface area contributed by atoms with Gasteiger partial charge in [0.1, 0.15) is 17.2 Å². The fourth-order valence-electron chi connectivity index (χ4n) is 3.20. The van der Waals surface area contributed by atoms with E-state index in [4.69, 9.17) is 0 Å². The number of para-hydroxylation sites is 1. The highest BCUT2D eigenvalue weighted by atomic mass is 16.6. The van der Waals surface area contributed by atoms with E-state index in [0.717, 1.165) is 10.1 Å². The quantitative estimate of drug-likeness (QED) is 0.396. The second-order valence-corrected chi connectivity index (χ2v) is 6.79. The Kier molecular flexibility index (Phi) is 5.47. The number of carbonyl (C=O) groups is 1. The number of ketones is 1. The van der Waals surface area contributed by atoms with Crippen LogP contribution in [0.15, 0.2) is 53.3 Å². The number of rotatable bonds is 5. The smallest absolute Gasteiger partial charge is 0.280 e. The lowest BCUT2D eigenvalue weighted by molar-refractivity contribution is -0.385. The van der Waals surface area contributed by atoms with E-state index in [2.05, 4.69) is 0 Å². The molecule has 0 saturated carbocycles. The third-order valence-electron chi connectivity index (χ3n) is 4.83. The molecule has 1 aromatic heterocycles. The topological polar surface area (TPSA) is 126 Å². The van der Waals surface area contributed by atoms with Gasteiger partial charge in [0.2, 0.25) is 11.7 Å². The molecule has 0 amide bonds. The van der Waals surface area contributed by atoms with Gasteiger partial charge < -0.3 is 5.11 Å². The molecule has 3 aromatic rings. The summed E-state index contributed by atoms with van der Waals surface area (Å²) in [6, 6.07) is 14.3. The molecule has 8 nitrogen and oxygen atoms in total. The third-order valence-corrected chi connectivity index (χ3v) is 4.83. The van der Waals surface area contributed by atoms with E-state index < -0.39 is 27.8 Å². The molecule has 2 aromatic carbocycles. The molecule has 30 heavy (non-hydrogen) atoms. The highest BCUT2D eigenvalue weighted by Crippen LogP contribution is 2.29. The first-order valence-corrected chi connectivity index (χ1v) is 8.96. The number of nitrogens with zero attached hydrogens (tertiary/aromatic N) is 3. The van der Waals surface area contributed by atoms with Gasteiger partial charge in [-0.15, -0.1) is 0 Å². The Bertz CT molecular complexity index is 1270. The number of hydrogen-bond acceptors (Lipinski definition) is 6. The minimum atomic E-state index is -0.841. The summed E-state index contributed by atoms with van der Waals surface area (Å²) in [5.41, 5.74) is -0.384. The lowest BCUT2D eigenvalue weighted by Crippen LogP contribution is -2.27. The molecule has 1 N–H and O–H groups in total. The Hall–Kier alpha value is -4.25. The van der Waals surface area contributed by atoms with Crippen LogP contribution in [0, 0.1) is 35.3 Å². The van der Waals surface area contributed by atoms with Gasteiger partial charge in [-0.25, -0.2) is 0 Å². The van der Waals surface area contributed by atoms with Crippen molar-refractivity contribution in [2.75, 3.05) is 0 Å². The SMILES string of the molecule is Cc1ccc(Cn2c(O)c(C(=O)c3ccccc3[N+](=O)[O-])c(C)c(C#N)c2=O)cc1. The lowest BCUT2D eigenvalue weighted by atomic mass is 9.96. The van der Waals surface area contributed by atoms with Crippen LogP contribution >= 0.6 is 0 Å². The number of hydrogen-bond donors (Lipinski definition) is 1. The minimum absolute atomic E-state index is 0.0247. The predicted molar refractivity (Wildman–Crippen MR) is 109 cm³/mol. The number of aromatic nitrogens is 1. The zero-order valence-corrected chi connectivity index (χ0v) is 16.2. The standard InChI is InChI=1S/C22H17N3O5/c1-13-7-9-15(10-8-13)12-24-21(27)17(11-23)14(2)19(22(24)28)20(26)16-5-3-4-6-18(16)25(29)30/h3-10,28H,12H2,1-2H3. The number of pyridine rings is 1. The molecule has 0 aliphatic heterocycles. The lowest BCUT2D eigenvalue weighted by Gasteiger charge is -2.16. The summed E-state index contributed by atoms with van der Waals surface area (Å²) in [5, 5.41) is 31.6. The van der Waals surface area contributed by atoms with E-state index >= 15 is 0 Å². The molecule has 0 saturated heterocycles. The summed E-state index contributed by atoms with van der Waals surface area (Å²) in [4.78, 5) is 36.5. The van der Waals surface area contributed by atoms with Crippen LogP contribution in [0.5, 0.6) is 5.88 Å². The van der Waals surface area contributed by atoms with Gasteiger partial charge in [0.05, 0.1) is 17.0 Å². The minimum Gasteiger partial charge on any atom is -0.494 e. The molecule has 8 heteroatoms. The summed E-state index contributed by atoms with van der Waals surface area (Å²) in [6.45, 7) is 3.19. The number of carbonyl (C=O) groups excluding carboxylic acids is 1. The summed E-state index contributed by atoms with van der Waals surface area (Å²) >= 11 is 0. The van der Waals surface area contributed by atoms with Gasteiger partial charge in [0.15, 0.2) is 0 Å². The molecule has 0 spiro atoms. The van der Waals surface area contributed by atoms with E-state index in [1.807, 2.05) is 19.1 Å². The Labute approximate surface area is 171 Å². The van der Waals surface area contributed by atoms with Crippen molar-refractivity contribution in [3.8, 4) is 11.9 Å². The van der Waals surface area contributed by atoms with Gasteiger partial charge in [-0.3, -0.25) is 24.3 Å². The van der Waals surface area contributed by atoms with E-state index in [9.17, 15) is 30.1 Å². The van der Waals surface area contributed by atoms with Crippen LogP contribution in [-0.2, 0) is 6.54 Å². The molecule has 0 aliphatic rings. The molecule has 3 rings (SSSR count). The first-order valence-electron chi connectivity index (χ1n) is 8.96. The average Bonchev–Trinajstić information content (AvgIpc) is 2.72. The molecular formula is C22H17N3O5. The Morgan fingerprint density at radius 1 is 1.17 bits per heavy atom. The average molecular weight is 403 g/mol. The van der Waals surface area contributed by atoms with E-state index in [1.54, 1.807) is 18.2 Å². The van der Waals surface area contributed by atoms with Gasteiger partial charge in [-0.05, 0) is 31.0 Å².